The minimum Gasteiger partial charge on any atom is -0.493 e. The smallest absolute Gasteiger partial charge is 0.260 e. The average Bonchev–Trinajstić information content (AvgIpc) is 2.80. The maximum absolute atomic E-state index is 12.4. The Bertz CT molecular complexity index is 1150. The number of rotatable bonds is 12. The third kappa shape index (κ3) is 8.81. The van der Waals surface area contributed by atoms with Gasteiger partial charge in [-0.05, 0) is 55.8 Å². The van der Waals surface area contributed by atoms with Crippen molar-refractivity contribution in [2.24, 2.45) is 5.10 Å². The molecule has 0 unspecified atom stereocenters. The van der Waals surface area contributed by atoms with Crippen molar-refractivity contribution in [1.29, 1.82) is 0 Å². The van der Waals surface area contributed by atoms with Crippen LogP contribution in [0.5, 0.6) is 17.2 Å². The van der Waals surface area contributed by atoms with Gasteiger partial charge in [-0.1, -0.05) is 0 Å². The van der Waals surface area contributed by atoms with Gasteiger partial charge in [0.1, 0.15) is 12.3 Å². The van der Waals surface area contributed by atoms with Crippen molar-refractivity contribution in [3.63, 3.8) is 0 Å². The Kier molecular flexibility index (Phi) is 9.88. The van der Waals surface area contributed by atoms with Gasteiger partial charge in [0, 0.05) is 12.1 Å². The predicted molar refractivity (Wildman–Crippen MR) is 133 cm³/mol. The van der Waals surface area contributed by atoms with E-state index in [-0.39, 0.29) is 24.2 Å². The van der Waals surface area contributed by atoms with E-state index in [1.54, 1.807) is 30.3 Å². The molecule has 35 heavy (non-hydrogen) atoms. The van der Waals surface area contributed by atoms with Crippen molar-refractivity contribution in [3.8, 4) is 17.2 Å². The molecule has 0 aromatic heterocycles. The van der Waals surface area contributed by atoms with Crippen LogP contribution in [0, 0.1) is 0 Å². The zero-order chi connectivity index (χ0) is 26.0. The van der Waals surface area contributed by atoms with E-state index >= 15 is 0 Å². The second-order valence-electron chi connectivity index (χ2n) is 7.68. The fourth-order valence-corrected chi connectivity index (χ4v) is 3.74. The van der Waals surface area contributed by atoms with E-state index in [0.717, 1.165) is 10.6 Å². The molecule has 11 nitrogen and oxygen atoms in total. The molecular formula is C23H30N4O7S. The molecule has 2 rings (SSSR count). The maximum atomic E-state index is 12.4. The van der Waals surface area contributed by atoms with Gasteiger partial charge in [-0.25, -0.2) is 13.8 Å². The van der Waals surface area contributed by atoms with Crippen LogP contribution in [0.15, 0.2) is 47.6 Å². The molecule has 0 aliphatic rings. The van der Waals surface area contributed by atoms with Crippen molar-refractivity contribution < 1.29 is 32.2 Å². The minimum atomic E-state index is -3.78. The van der Waals surface area contributed by atoms with Gasteiger partial charge in [-0.2, -0.15) is 5.10 Å². The molecule has 0 radical (unpaired) electrons. The summed E-state index contributed by atoms with van der Waals surface area (Å²) in [6.45, 7) is 3.13. The molecule has 2 aromatic rings. The molecule has 0 fully saturated rings. The SMILES string of the molecule is COc1ccc(N(CC(=O)N/N=C/c2ccc(OCC(=O)NC(C)C)cc2)S(C)(=O)=O)cc1OC. The number of carbonyl (C=O) groups is 2. The van der Waals surface area contributed by atoms with Crippen LogP contribution < -0.4 is 29.3 Å². The van der Waals surface area contributed by atoms with Crippen LogP contribution in [0.4, 0.5) is 5.69 Å². The number of nitrogens with zero attached hydrogens (tertiary/aromatic N) is 2. The number of hydrogen-bond donors (Lipinski definition) is 2. The standard InChI is InChI=1S/C23H30N4O7S/c1-16(2)25-23(29)15-34-19-9-6-17(7-10-19)13-24-26-22(28)14-27(35(5,30)31)18-8-11-20(32-3)21(12-18)33-4/h6-13,16H,14-15H2,1-5H3,(H,25,29)(H,26,28)/b24-13+. The van der Waals surface area contributed by atoms with Crippen LogP contribution in [0.3, 0.4) is 0 Å². The molecule has 2 amide bonds. The lowest BCUT2D eigenvalue weighted by atomic mass is 10.2. The lowest BCUT2D eigenvalue weighted by Gasteiger charge is -2.22. The molecule has 0 atom stereocenters. The number of carbonyl (C=O) groups excluding carboxylic acids is 2. The summed E-state index contributed by atoms with van der Waals surface area (Å²) in [5, 5.41) is 6.60. The lowest BCUT2D eigenvalue weighted by molar-refractivity contribution is -0.123. The van der Waals surface area contributed by atoms with Crippen LogP contribution >= 0.6 is 0 Å². The second-order valence-corrected chi connectivity index (χ2v) is 9.59. The van der Waals surface area contributed by atoms with Crippen molar-refractivity contribution >= 4 is 33.7 Å². The third-order valence-corrected chi connectivity index (χ3v) is 5.59. The number of hydrazone groups is 1. The van der Waals surface area contributed by atoms with E-state index in [9.17, 15) is 18.0 Å². The van der Waals surface area contributed by atoms with Gasteiger partial charge in [0.15, 0.2) is 18.1 Å². The van der Waals surface area contributed by atoms with Gasteiger partial charge in [-0.15, -0.1) is 0 Å². The van der Waals surface area contributed by atoms with Crippen LogP contribution in [0.2, 0.25) is 0 Å². The largest absolute Gasteiger partial charge is 0.493 e. The molecule has 0 aliphatic heterocycles. The molecule has 0 aliphatic carbocycles. The molecule has 0 saturated carbocycles. The van der Waals surface area contributed by atoms with Gasteiger partial charge in [0.05, 0.1) is 32.4 Å². The van der Waals surface area contributed by atoms with Gasteiger partial charge in [0.25, 0.3) is 11.8 Å². The van der Waals surface area contributed by atoms with Gasteiger partial charge < -0.3 is 19.5 Å². The summed E-state index contributed by atoms with van der Waals surface area (Å²) in [6.07, 6.45) is 2.39. The molecule has 190 valence electrons. The third-order valence-electron chi connectivity index (χ3n) is 4.45. The Hall–Kier alpha value is -3.80. The Morgan fingerprint density at radius 3 is 2.26 bits per heavy atom. The summed E-state index contributed by atoms with van der Waals surface area (Å²) in [6, 6.07) is 11.3. The fourth-order valence-electron chi connectivity index (χ4n) is 2.89. The normalized spacial score (nSPS) is 11.3. The molecular weight excluding hydrogens is 476 g/mol. The number of ether oxygens (including phenoxy) is 3. The minimum absolute atomic E-state index is 0.0310. The number of benzene rings is 2. The lowest BCUT2D eigenvalue weighted by Crippen LogP contribution is -2.39. The molecule has 0 heterocycles. The first-order valence-corrected chi connectivity index (χ1v) is 12.4. The van der Waals surface area contributed by atoms with E-state index in [1.807, 2.05) is 13.8 Å². The van der Waals surface area contributed by atoms with E-state index in [0.29, 0.717) is 22.8 Å². The Morgan fingerprint density at radius 2 is 1.69 bits per heavy atom. The maximum Gasteiger partial charge on any atom is 0.260 e. The predicted octanol–water partition coefficient (Wildman–Crippen LogP) is 1.52. The summed E-state index contributed by atoms with van der Waals surface area (Å²) in [7, 11) is -0.887. The van der Waals surface area contributed by atoms with Gasteiger partial charge >= 0.3 is 0 Å². The summed E-state index contributed by atoms with van der Waals surface area (Å²) >= 11 is 0. The number of amides is 2. The topological polar surface area (TPSA) is 136 Å². The van der Waals surface area contributed by atoms with Crippen LogP contribution in [0.1, 0.15) is 19.4 Å². The van der Waals surface area contributed by atoms with E-state index in [2.05, 4.69) is 15.8 Å². The highest BCUT2D eigenvalue weighted by atomic mass is 32.2. The number of sulfonamides is 1. The molecule has 0 spiro atoms. The molecule has 0 saturated heterocycles. The quantitative estimate of drug-likeness (QED) is 0.329. The highest BCUT2D eigenvalue weighted by Crippen LogP contribution is 2.32. The van der Waals surface area contributed by atoms with Crippen molar-refractivity contribution in [1.82, 2.24) is 10.7 Å². The zero-order valence-corrected chi connectivity index (χ0v) is 21.1. The van der Waals surface area contributed by atoms with Gasteiger partial charge in [-0.3, -0.25) is 13.9 Å². The fraction of sp³-hybridized carbons (Fsp3) is 0.348. The van der Waals surface area contributed by atoms with Gasteiger partial charge in [0.2, 0.25) is 10.0 Å². The van der Waals surface area contributed by atoms with Crippen molar-refractivity contribution in [3.05, 3.63) is 48.0 Å². The van der Waals surface area contributed by atoms with E-state index < -0.39 is 22.5 Å². The Balaban J connectivity index is 1.98. The molecule has 0 bridgehead atoms. The second kappa shape index (κ2) is 12.6. The van der Waals surface area contributed by atoms with Crippen molar-refractivity contribution in [2.75, 3.05) is 37.9 Å². The molecule has 12 heteroatoms. The zero-order valence-electron chi connectivity index (χ0n) is 20.3. The van der Waals surface area contributed by atoms with E-state index in [4.69, 9.17) is 14.2 Å². The first kappa shape index (κ1) is 27.4. The Labute approximate surface area is 205 Å². The summed E-state index contributed by atoms with van der Waals surface area (Å²) in [5.74, 6) is 0.394. The highest BCUT2D eigenvalue weighted by Gasteiger charge is 2.22. The highest BCUT2D eigenvalue weighted by molar-refractivity contribution is 7.92. The summed E-state index contributed by atoms with van der Waals surface area (Å²) in [4.78, 5) is 24.0. The van der Waals surface area contributed by atoms with E-state index in [1.165, 1.54) is 32.6 Å². The number of nitrogens with one attached hydrogen (secondary N) is 2. The summed E-state index contributed by atoms with van der Waals surface area (Å²) in [5.41, 5.74) is 3.21. The number of methoxy groups -OCH3 is 2. The molecule has 2 aromatic carbocycles. The number of hydrogen-bond acceptors (Lipinski definition) is 8. The average molecular weight is 507 g/mol. The first-order chi connectivity index (χ1) is 16.5. The van der Waals surface area contributed by atoms with Crippen LogP contribution in [-0.2, 0) is 19.6 Å². The van der Waals surface area contributed by atoms with Crippen LogP contribution in [0.25, 0.3) is 0 Å². The van der Waals surface area contributed by atoms with Crippen molar-refractivity contribution in [2.45, 2.75) is 19.9 Å². The number of anilines is 1. The first-order valence-electron chi connectivity index (χ1n) is 10.6. The summed E-state index contributed by atoms with van der Waals surface area (Å²) < 4.78 is 41.3. The molecule has 2 N–H and O–H groups in total. The van der Waals surface area contributed by atoms with Crippen LogP contribution in [-0.4, -0.2) is 66.1 Å². The monoisotopic (exact) mass is 506 g/mol. The Morgan fingerprint density at radius 1 is 1.03 bits per heavy atom.